The second-order valence-electron chi connectivity index (χ2n) is 11.8. The topological polar surface area (TPSA) is 125 Å². The van der Waals surface area contributed by atoms with Crippen molar-refractivity contribution in [2.75, 3.05) is 31.2 Å². The molecule has 3 N–H and O–H groups in total. The highest BCUT2D eigenvalue weighted by Crippen LogP contribution is 2.42. The molecule has 9 nitrogen and oxygen atoms in total. The Morgan fingerprint density at radius 1 is 1.07 bits per heavy atom. The molecule has 0 radical (unpaired) electrons. The molecule has 0 unspecified atom stereocenters. The molecule has 3 aromatic carbocycles. The van der Waals surface area contributed by atoms with E-state index in [9.17, 15) is 19.5 Å². The van der Waals surface area contributed by atoms with Gasteiger partial charge in [-0.3, -0.25) is 9.59 Å². The number of carboxylic acid groups (broad SMARTS) is 1. The van der Waals surface area contributed by atoms with E-state index in [-0.39, 0.29) is 50.1 Å². The van der Waals surface area contributed by atoms with Crippen LogP contribution in [0.4, 0.5) is 5.69 Å². The maximum Gasteiger partial charge on any atom is 0.335 e. The van der Waals surface area contributed by atoms with Gasteiger partial charge in [0.2, 0.25) is 5.91 Å². The third kappa shape index (κ3) is 7.96. The molecule has 2 atom stereocenters. The monoisotopic (exact) mass is 622 g/mol. The van der Waals surface area contributed by atoms with Gasteiger partial charge in [-0.1, -0.05) is 49.7 Å². The van der Waals surface area contributed by atoms with Gasteiger partial charge < -0.3 is 29.9 Å². The zero-order valence-electron chi connectivity index (χ0n) is 25.4. The first kappa shape index (κ1) is 33.0. The van der Waals surface area contributed by atoms with Crippen molar-refractivity contribution >= 4 is 35.1 Å². The number of carbonyl (C=O) groups is 3. The minimum atomic E-state index is -1.10. The highest BCUT2D eigenvalue weighted by Gasteiger charge is 2.40. The van der Waals surface area contributed by atoms with E-state index in [1.54, 1.807) is 35.2 Å². The molecule has 0 aromatic heterocycles. The standard InChI is InChI=1S/C34H39ClN2O7/c1-21-8-5-11-26(22(21)2)31-27-17-24(35)12-13-28(27)37(19-34(3,4)20-38)32(40)29(44-31)18-30(39)36-14-7-15-43-25-10-6-9-23(16-25)33(41)42/h5-6,8-13,16-17,29,31,38H,7,14-15,18-20H2,1-4H3,(H,36,39)(H,41,42)/t29-,31-/m1/s1. The van der Waals surface area contributed by atoms with Crippen molar-refractivity contribution < 1.29 is 34.1 Å². The van der Waals surface area contributed by atoms with Crippen LogP contribution in [0.3, 0.4) is 0 Å². The summed E-state index contributed by atoms with van der Waals surface area (Å²) < 4.78 is 12.2. The Hall–Kier alpha value is -3.92. The molecular formula is C34H39ClN2O7. The number of carboxylic acids is 1. The predicted molar refractivity (Wildman–Crippen MR) is 168 cm³/mol. The average Bonchev–Trinajstić information content (AvgIpc) is 3.09. The van der Waals surface area contributed by atoms with E-state index >= 15 is 0 Å². The van der Waals surface area contributed by atoms with E-state index < -0.39 is 23.6 Å². The van der Waals surface area contributed by atoms with Gasteiger partial charge in [0.05, 0.1) is 18.6 Å². The van der Waals surface area contributed by atoms with Crippen LogP contribution in [0, 0.1) is 19.3 Å². The lowest BCUT2D eigenvalue weighted by Crippen LogP contribution is -2.46. The molecule has 1 heterocycles. The molecule has 0 spiro atoms. The van der Waals surface area contributed by atoms with Crippen molar-refractivity contribution in [1.29, 1.82) is 0 Å². The number of aliphatic hydroxyl groups is 1. The summed E-state index contributed by atoms with van der Waals surface area (Å²) in [5.41, 5.74) is 3.79. The summed E-state index contributed by atoms with van der Waals surface area (Å²) in [7, 11) is 0. The van der Waals surface area contributed by atoms with E-state index in [2.05, 4.69) is 5.32 Å². The van der Waals surface area contributed by atoms with Crippen LogP contribution in [0.5, 0.6) is 5.75 Å². The van der Waals surface area contributed by atoms with Crippen LogP contribution < -0.4 is 15.0 Å². The lowest BCUT2D eigenvalue weighted by Gasteiger charge is -2.32. The number of aliphatic hydroxyl groups excluding tert-OH is 1. The Bertz CT molecular complexity index is 1520. The lowest BCUT2D eigenvalue weighted by molar-refractivity contribution is -0.138. The van der Waals surface area contributed by atoms with Gasteiger partial charge in [0.1, 0.15) is 18.0 Å². The summed E-state index contributed by atoms with van der Waals surface area (Å²) in [5, 5.41) is 22.5. The van der Waals surface area contributed by atoms with Gasteiger partial charge in [-0.05, 0) is 73.4 Å². The Kier molecular flexibility index (Phi) is 10.7. The van der Waals surface area contributed by atoms with Crippen molar-refractivity contribution in [2.45, 2.75) is 52.7 Å². The molecule has 44 heavy (non-hydrogen) atoms. The zero-order valence-corrected chi connectivity index (χ0v) is 26.2. The molecule has 2 amide bonds. The Morgan fingerprint density at radius 3 is 2.55 bits per heavy atom. The number of carbonyl (C=O) groups excluding carboxylic acids is 2. The van der Waals surface area contributed by atoms with E-state index in [0.717, 1.165) is 16.7 Å². The summed E-state index contributed by atoms with van der Waals surface area (Å²) >= 11 is 6.46. The van der Waals surface area contributed by atoms with Gasteiger partial charge in [-0.25, -0.2) is 4.79 Å². The SMILES string of the molecule is Cc1cccc([C@H]2O[C@H](CC(=O)NCCCOc3cccc(C(=O)O)c3)C(=O)N(CC(C)(C)CO)c3ccc(Cl)cc32)c1C. The summed E-state index contributed by atoms with van der Waals surface area (Å²) in [6.45, 7) is 8.35. The maximum absolute atomic E-state index is 14.1. The molecule has 0 saturated carbocycles. The Balaban J connectivity index is 1.53. The van der Waals surface area contributed by atoms with Crippen molar-refractivity contribution in [1.82, 2.24) is 5.32 Å². The number of aromatic carboxylic acids is 1. The second-order valence-corrected chi connectivity index (χ2v) is 12.3. The molecule has 1 aliphatic heterocycles. The number of aryl methyl sites for hydroxylation is 1. The summed E-state index contributed by atoms with van der Waals surface area (Å²) in [6, 6.07) is 17.4. The Labute approximate surface area is 262 Å². The molecule has 4 rings (SSSR count). The fraction of sp³-hybridized carbons (Fsp3) is 0.382. The third-order valence-corrected chi connectivity index (χ3v) is 7.95. The fourth-order valence-electron chi connectivity index (χ4n) is 5.09. The maximum atomic E-state index is 14.1. The quantitative estimate of drug-likeness (QED) is 0.229. The summed E-state index contributed by atoms with van der Waals surface area (Å²) in [4.78, 5) is 40.0. The smallest absolute Gasteiger partial charge is 0.335 e. The highest BCUT2D eigenvalue weighted by molar-refractivity contribution is 6.30. The van der Waals surface area contributed by atoms with Gasteiger partial charge in [0.15, 0.2) is 0 Å². The lowest BCUT2D eigenvalue weighted by atomic mass is 9.91. The van der Waals surface area contributed by atoms with Crippen LogP contribution in [0.15, 0.2) is 60.7 Å². The minimum Gasteiger partial charge on any atom is -0.494 e. The zero-order chi connectivity index (χ0) is 32.0. The fourth-order valence-corrected chi connectivity index (χ4v) is 5.27. The van der Waals surface area contributed by atoms with Crippen LogP contribution in [0.2, 0.25) is 5.02 Å². The largest absolute Gasteiger partial charge is 0.494 e. The number of halogens is 1. The number of amides is 2. The number of hydrogen-bond acceptors (Lipinski definition) is 6. The van der Waals surface area contributed by atoms with E-state index in [4.69, 9.17) is 26.2 Å². The number of benzene rings is 3. The minimum absolute atomic E-state index is 0.129. The van der Waals surface area contributed by atoms with Gasteiger partial charge >= 0.3 is 5.97 Å². The molecule has 3 aromatic rings. The third-order valence-electron chi connectivity index (χ3n) is 7.71. The normalized spacial score (nSPS) is 16.7. The van der Waals surface area contributed by atoms with Crippen molar-refractivity contribution in [3.63, 3.8) is 0 Å². The van der Waals surface area contributed by atoms with Crippen LogP contribution >= 0.6 is 11.6 Å². The number of ether oxygens (including phenoxy) is 2. The number of nitrogens with one attached hydrogen (secondary N) is 1. The van der Waals surface area contributed by atoms with E-state index in [1.807, 2.05) is 45.9 Å². The molecule has 0 saturated heterocycles. The van der Waals surface area contributed by atoms with E-state index in [0.29, 0.717) is 28.4 Å². The first-order valence-electron chi connectivity index (χ1n) is 14.6. The Morgan fingerprint density at radius 2 is 1.82 bits per heavy atom. The van der Waals surface area contributed by atoms with Gasteiger partial charge in [0.25, 0.3) is 5.91 Å². The van der Waals surface area contributed by atoms with Crippen molar-refractivity contribution in [3.8, 4) is 5.75 Å². The number of anilines is 1. The van der Waals surface area contributed by atoms with Crippen molar-refractivity contribution in [3.05, 3.63) is 93.5 Å². The highest BCUT2D eigenvalue weighted by atomic mass is 35.5. The van der Waals surface area contributed by atoms with Crippen LogP contribution in [-0.4, -0.2) is 60.4 Å². The van der Waals surface area contributed by atoms with Crippen LogP contribution in [-0.2, 0) is 14.3 Å². The number of hydrogen-bond donors (Lipinski definition) is 3. The van der Waals surface area contributed by atoms with Crippen LogP contribution in [0.25, 0.3) is 0 Å². The molecule has 10 heteroatoms. The number of fused-ring (bicyclic) bond motifs is 1. The first-order valence-corrected chi connectivity index (χ1v) is 14.9. The molecule has 0 fully saturated rings. The van der Waals surface area contributed by atoms with E-state index in [1.165, 1.54) is 12.1 Å². The number of rotatable bonds is 12. The second kappa shape index (κ2) is 14.2. The molecule has 234 valence electrons. The van der Waals surface area contributed by atoms with Crippen LogP contribution in [0.1, 0.15) is 65.4 Å². The molecule has 1 aliphatic rings. The van der Waals surface area contributed by atoms with Gasteiger partial charge in [-0.15, -0.1) is 0 Å². The van der Waals surface area contributed by atoms with Gasteiger partial charge in [-0.2, -0.15) is 0 Å². The van der Waals surface area contributed by atoms with Crippen molar-refractivity contribution in [2.24, 2.45) is 5.41 Å². The molecular weight excluding hydrogens is 584 g/mol. The average molecular weight is 623 g/mol. The predicted octanol–water partition coefficient (Wildman–Crippen LogP) is 5.47. The van der Waals surface area contributed by atoms with Gasteiger partial charge in [0, 0.05) is 41.4 Å². The summed E-state index contributed by atoms with van der Waals surface area (Å²) in [6.07, 6.45) is -1.51. The molecule has 0 aliphatic carbocycles. The molecule has 0 bridgehead atoms. The summed E-state index contributed by atoms with van der Waals surface area (Å²) in [5.74, 6) is -1.35. The number of nitrogens with zero attached hydrogens (tertiary/aromatic N) is 1. The first-order chi connectivity index (χ1) is 20.9.